The maximum Gasteiger partial charge on any atom is 1.00 e. The Morgan fingerprint density at radius 1 is 0.882 bits per heavy atom. The minimum atomic E-state index is -4.41. The van der Waals surface area contributed by atoms with Crippen LogP contribution in [0, 0.1) is 0 Å². The Hall–Kier alpha value is -1.31. The molecule has 0 N–H and O–H groups in total. The van der Waals surface area contributed by atoms with Gasteiger partial charge in [-0.3, -0.25) is 9.69 Å². The van der Waals surface area contributed by atoms with Gasteiger partial charge in [0.15, 0.2) is 5.75 Å². The van der Waals surface area contributed by atoms with Gasteiger partial charge in [-0.05, 0) is 36.8 Å². The van der Waals surface area contributed by atoms with E-state index in [0.29, 0.717) is 22.9 Å². The molecule has 0 spiro atoms. The molecule has 0 radical (unpaired) electrons. The number of ether oxygens (including phenoxy) is 1. The van der Waals surface area contributed by atoms with Crippen LogP contribution >= 0.6 is 24.0 Å². The van der Waals surface area contributed by atoms with Gasteiger partial charge in [0.2, 0.25) is 5.88 Å². The molecule has 18 heteroatoms. The molecule has 0 unspecified atom stereocenters. The average Bonchev–Trinajstić information content (AvgIpc) is 3.57. The molecular formula is C33H26N2Na2O9S3Te2. The second kappa shape index (κ2) is 22.2. The number of allylic oxidation sites excluding steroid dienone is 4. The zero-order valence-electron chi connectivity index (χ0n) is 27.5. The maximum absolute atomic E-state index is 12.3. The Morgan fingerprint density at radius 2 is 1.41 bits per heavy atom. The van der Waals surface area contributed by atoms with Crippen LogP contribution in [-0.4, -0.2) is 94.7 Å². The molecule has 11 nitrogen and oxygen atoms in total. The van der Waals surface area contributed by atoms with Crippen LogP contribution in [0.4, 0.5) is 5.69 Å². The molecule has 0 aromatic heterocycles. The summed E-state index contributed by atoms with van der Waals surface area (Å²) in [6.45, 7) is 1.03. The van der Waals surface area contributed by atoms with Crippen molar-refractivity contribution in [2.24, 2.45) is 0 Å². The van der Waals surface area contributed by atoms with Crippen LogP contribution in [-0.2, 0) is 19.7 Å². The van der Waals surface area contributed by atoms with Crippen molar-refractivity contribution in [1.82, 2.24) is 4.90 Å². The third-order valence-corrected chi connectivity index (χ3v) is 18.3. The smallest absolute Gasteiger partial charge is 1.00 e. The number of para-hydroxylation sites is 2. The number of hydrogen-bond acceptors (Lipinski definition) is 12. The van der Waals surface area contributed by atoms with E-state index < -0.39 is 68.4 Å². The number of hydrogen-bond donors (Lipinski definition) is 0. The van der Waals surface area contributed by atoms with E-state index in [0.717, 1.165) is 27.8 Å². The van der Waals surface area contributed by atoms with Crippen molar-refractivity contribution in [3.05, 3.63) is 131 Å². The van der Waals surface area contributed by atoms with Gasteiger partial charge in [0.05, 0.1) is 39.0 Å². The fraction of sp³-hybridized carbons (Fsp3) is 0.121. The van der Waals surface area contributed by atoms with Gasteiger partial charge < -0.3 is 24.1 Å². The molecule has 2 aliphatic heterocycles. The van der Waals surface area contributed by atoms with Gasteiger partial charge in [-0.15, -0.1) is 0 Å². The van der Waals surface area contributed by atoms with Gasteiger partial charge in [0, 0.05) is 6.54 Å². The summed E-state index contributed by atoms with van der Waals surface area (Å²) in [7, 11) is -4.41. The van der Waals surface area contributed by atoms with Crippen molar-refractivity contribution in [1.29, 1.82) is 0 Å². The Labute approximate surface area is 366 Å². The molecule has 3 aromatic carbocycles. The summed E-state index contributed by atoms with van der Waals surface area (Å²) in [6.07, 6.45) is 4.79. The molecule has 5 rings (SSSR count). The van der Waals surface area contributed by atoms with E-state index in [1.807, 2.05) is 60.7 Å². The number of amides is 1. The molecule has 2 aliphatic rings. The average molecular weight is 992 g/mol. The summed E-state index contributed by atoms with van der Waals surface area (Å²) in [5.74, 6) is -1.68. The zero-order chi connectivity index (χ0) is 35.6. The Kier molecular flexibility index (Phi) is 19.9. The van der Waals surface area contributed by atoms with E-state index >= 15 is 0 Å². The second-order valence-electron chi connectivity index (χ2n) is 10.0. The van der Waals surface area contributed by atoms with E-state index in [9.17, 15) is 37.3 Å². The topological polar surface area (TPSA) is 164 Å². The monoisotopic (exact) mass is 996 g/mol. The molecule has 1 amide bonds. The van der Waals surface area contributed by atoms with Crippen LogP contribution in [0.3, 0.4) is 0 Å². The van der Waals surface area contributed by atoms with E-state index in [1.165, 1.54) is 0 Å². The quantitative estimate of drug-likeness (QED) is 0.0771. The number of benzene rings is 3. The SMILES string of the molecule is CC(=C\C=C1/Oc2ccccc2N1CCS(=O)(=O)[O-])/C=C1/SC(=S)N(CC(=O)[O-])C1=O.O=C([Te][Te]C(=O)c1ccccc1)c1ccccc1.[Na+].[Na+]. The first kappa shape index (κ1) is 45.8. The predicted molar refractivity (Wildman–Crippen MR) is 189 cm³/mol. The number of fused-ring (bicyclic) bond motifs is 1. The number of carboxylic acid groups (broad SMARTS) is 1. The first-order chi connectivity index (χ1) is 23.3. The van der Waals surface area contributed by atoms with E-state index in [2.05, 4.69) is 0 Å². The van der Waals surface area contributed by atoms with Crippen LogP contribution in [0.25, 0.3) is 0 Å². The first-order valence-electron chi connectivity index (χ1n) is 14.2. The Balaban J connectivity index is 0.000000386. The van der Waals surface area contributed by atoms with Crippen molar-refractivity contribution >= 4 is 97.8 Å². The van der Waals surface area contributed by atoms with Crippen molar-refractivity contribution in [2.75, 3.05) is 23.7 Å². The summed E-state index contributed by atoms with van der Waals surface area (Å²) in [6, 6.07) is 25.5. The molecule has 1 fully saturated rings. The van der Waals surface area contributed by atoms with Crippen molar-refractivity contribution in [3.8, 4) is 5.75 Å². The summed E-state index contributed by atoms with van der Waals surface area (Å²) < 4.78 is 39.5. The summed E-state index contributed by atoms with van der Waals surface area (Å²) >= 11 is 4.36. The maximum atomic E-state index is 12.3. The number of carbonyl (C=O) groups is 4. The standard InChI is InChI=1S/C19H18N2O7S3.C14H10O2Te2.2Na/c1-12(10-15-18(24)21(11-17(22)23)19(29)30-15)6-7-16-20(8-9-31(25,26)27)13-4-2-3-5-14(13)28-16;15-13(11-7-3-1-4-8-11)17-18-14(16)12-9-5-2-6-10-12;;/h2-7,10H,8-9,11H2,1H3,(H,22,23)(H,25,26,27);1-10H;;/q;;2*+1/p-2/b12-6+,15-10+,16-7-;;;. The minimum Gasteiger partial charge on any atom is 1.00 e. The first-order valence-corrected chi connectivity index (χ1v) is 26.6. The number of nitrogens with zero attached hydrogens (tertiary/aromatic N) is 2. The second-order valence-corrected chi connectivity index (χ2v) is 22.7. The van der Waals surface area contributed by atoms with Crippen molar-refractivity contribution < 1.29 is 101 Å². The summed E-state index contributed by atoms with van der Waals surface area (Å²) in [5, 5.41) is 10.8. The number of aliphatic carboxylic acids is 1. The number of anilines is 1. The van der Waals surface area contributed by atoms with Crippen LogP contribution in [0.1, 0.15) is 27.6 Å². The minimum absolute atomic E-state index is 0. The Bertz CT molecular complexity index is 1910. The molecule has 2 heterocycles. The fourth-order valence-electron chi connectivity index (χ4n) is 4.15. The number of carboxylic acids is 1. The molecule has 1 saturated heterocycles. The zero-order valence-corrected chi connectivity index (χ0v) is 38.7. The van der Waals surface area contributed by atoms with Gasteiger partial charge in [-0.2, -0.15) is 0 Å². The van der Waals surface area contributed by atoms with Gasteiger partial charge in [0.1, 0.15) is 4.32 Å². The molecule has 0 atom stereocenters. The van der Waals surface area contributed by atoms with E-state index in [1.54, 1.807) is 54.3 Å². The molecule has 0 saturated carbocycles. The van der Waals surface area contributed by atoms with Crippen LogP contribution in [0.5, 0.6) is 5.75 Å². The molecule has 254 valence electrons. The number of carbonyl (C=O) groups excluding carboxylic acids is 4. The predicted octanol–water partition coefficient (Wildman–Crippen LogP) is -3.29. The fourth-order valence-corrected chi connectivity index (χ4v) is 14.2. The third kappa shape index (κ3) is 14.5. The van der Waals surface area contributed by atoms with Crippen LogP contribution in [0.15, 0.2) is 120 Å². The van der Waals surface area contributed by atoms with Crippen LogP contribution < -0.4 is 73.9 Å². The van der Waals surface area contributed by atoms with Gasteiger partial charge >= 0.3 is 182 Å². The third-order valence-electron chi connectivity index (χ3n) is 6.42. The number of thiocarbonyl (C=S) groups is 1. The van der Waals surface area contributed by atoms with Crippen molar-refractivity contribution in [2.45, 2.75) is 6.92 Å². The van der Waals surface area contributed by atoms with Gasteiger partial charge in [-0.25, -0.2) is 8.42 Å². The molecular weight excluding hydrogens is 966 g/mol. The normalized spacial score (nSPS) is 15.3. The molecule has 3 aromatic rings. The van der Waals surface area contributed by atoms with E-state index in [4.69, 9.17) is 17.0 Å². The van der Waals surface area contributed by atoms with Crippen LogP contribution in [0.2, 0.25) is 0 Å². The molecule has 0 aliphatic carbocycles. The van der Waals surface area contributed by atoms with Gasteiger partial charge in [-0.1, -0.05) is 42.2 Å². The molecule has 0 bridgehead atoms. The number of thioether (sulfide) groups is 1. The van der Waals surface area contributed by atoms with Gasteiger partial charge in [0.25, 0.3) is 5.91 Å². The summed E-state index contributed by atoms with van der Waals surface area (Å²) in [4.78, 5) is 49.7. The van der Waals surface area contributed by atoms with E-state index in [-0.39, 0.29) is 82.5 Å². The molecule has 51 heavy (non-hydrogen) atoms. The summed E-state index contributed by atoms with van der Waals surface area (Å²) in [5.41, 5.74) is 2.78. The Morgan fingerprint density at radius 3 is 1.94 bits per heavy atom. The van der Waals surface area contributed by atoms with Crippen molar-refractivity contribution in [3.63, 3.8) is 0 Å². The number of rotatable bonds is 12. The largest absolute Gasteiger partial charge is 1.00 e.